The van der Waals surface area contributed by atoms with Gasteiger partial charge in [0.2, 0.25) is 11.1 Å². The van der Waals surface area contributed by atoms with Crippen molar-refractivity contribution in [3.05, 3.63) is 59.0 Å². The van der Waals surface area contributed by atoms with Crippen LogP contribution < -0.4 is 11.2 Å². The number of nitrogens with one attached hydrogen (secondary N) is 1. The molecule has 7 heteroatoms. The Morgan fingerprint density at radius 3 is 2.83 bits per heavy atom. The monoisotopic (exact) mass is 327 g/mol. The van der Waals surface area contributed by atoms with Crippen LogP contribution in [0.2, 0.25) is 0 Å². The van der Waals surface area contributed by atoms with Gasteiger partial charge in [-0.15, -0.1) is 11.3 Å². The van der Waals surface area contributed by atoms with Gasteiger partial charge < -0.3 is 5.73 Å². The van der Waals surface area contributed by atoms with Gasteiger partial charge >= 0.3 is 0 Å². The maximum atomic E-state index is 12.9. The Hall–Kier alpha value is -2.80. The van der Waals surface area contributed by atoms with Crippen molar-refractivity contribution in [2.45, 2.75) is 6.92 Å². The summed E-state index contributed by atoms with van der Waals surface area (Å²) < 4.78 is 12.9. The van der Waals surface area contributed by atoms with Gasteiger partial charge in [0.15, 0.2) is 0 Å². The summed E-state index contributed by atoms with van der Waals surface area (Å²) in [6.07, 6.45) is 3.21. The molecule has 2 heterocycles. The van der Waals surface area contributed by atoms with E-state index in [0.717, 1.165) is 22.3 Å². The standard InChI is InChI=1S/C16H14FN5S/c1-10-4-11(7-20-22-16-21-15(18)9-23-16)6-13(5-10)12-2-3-14(17)19-8-12/h2-9H,18H2,1H3,(H,21,22). The normalized spacial score (nSPS) is 11.0. The fourth-order valence-corrected chi connectivity index (χ4v) is 2.65. The van der Waals surface area contributed by atoms with E-state index in [2.05, 4.69) is 20.5 Å². The summed E-state index contributed by atoms with van der Waals surface area (Å²) >= 11 is 1.38. The van der Waals surface area contributed by atoms with Gasteiger partial charge in [-0.3, -0.25) is 5.43 Å². The molecule has 23 heavy (non-hydrogen) atoms. The van der Waals surface area contributed by atoms with Crippen LogP contribution in [0.1, 0.15) is 11.1 Å². The van der Waals surface area contributed by atoms with E-state index >= 15 is 0 Å². The Balaban J connectivity index is 1.81. The van der Waals surface area contributed by atoms with Gasteiger partial charge in [-0.25, -0.2) is 9.97 Å². The minimum Gasteiger partial charge on any atom is -0.383 e. The van der Waals surface area contributed by atoms with Crippen LogP contribution in [0.25, 0.3) is 11.1 Å². The molecule has 0 fully saturated rings. The van der Waals surface area contributed by atoms with E-state index in [1.165, 1.54) is 23.6 Å². The van der Waals surface area contributed by atoms with Crippen molar-refractivity contribution in [1.82, 2.24) is 9.97 Å². The molecule has 5 nitrogen and oxygen atoms in total. The Morgan fingerprint density at radius 2 is 2.13 bits per heavy atom. The van der Waals surface area contributed by atoms with E-state index in [9.17, 15) is 4.39 Å². The zero-order valence-corrected chi connectivity index (χ0v) is 13.1. The first-order chi connectivity index (χ1) is 11.1. The highest BCUT2D eigenvalue weighted by atomic mass is 32.1. The molecule has 0 amide bonds. The minimum absolute atomic E-state index is 0.467. The second kappa shape index (κ2) is 6.53. The van der Waals surface area contributed by atoms with Gasteiger partial charge in [0, 0.05) is 17.1 Å². The first-order valence-electron chi connectivity index (χ1n) is 6.84. The first kappa shape index (κ1) is 15.1. The third-order valence-electron chi connectivity index (χ3n) is 3.06. The van der Waals surface area contributed by atoms with Crippen LogP contribution in [0.5, 0.6) is 0 Å². The lowest BCUT2D eigenvalue weighted by atomic mass is 10.0. The van der Waals surface area contributed by atoms with E-state index in [0.29, 0.717) is 10.9 Å². The SMILES string of the molecule is Cc1cc(C=NNc2nc(N)cs2)cc(-c2ccc(F)nc2)c1. The van der Waals surface area contributed by atoms with Crippen molar-refractivity contribution in [2.75, 3.05) is 11.2 Å². The van der Waals surface area contributed by atoms with Gasteiger partial charge in [-0.2, -0.15) is 9.49 Å². The number of hydrazone groups is 1. The molecule has 2 aromatic heterocycles. The second-order valence-corrected chi connectivity index (χ2v) is 5.81. The van der Waals surface area contributed by atoms with Crippen molar-refractivity contribution in [1.29, 1.82) is 0 Å². The molecule has 0 unspecified atom stereocenters. The smallest absolute Gasteiger partial charge is 0.212 e. The summed E-state index contributed by atoms with van der Waals surface area (Å²) in [5, 5.41) is 6.53. The lowest BCUT2D eigenvalue weighted by Gasteiger charge is -2.05. The number of aromatic nitrogens is 2. The summed E-state index contributed by atoms with van der Waals surface area (Å²) in [5.74, 6) is -0.0236. The molecule has 0 aliphatic carbocycles. The predicted molar refractivity (Wildman–Crippen MR) is 92.1 cm³/mol. The highest BCUT2D eigenvalue weighted by Gasteiger charge is 2.02. The van der Waals surface area contributed by atoms with Crippen LogP contribution in [0.4, 0.5) is 15.3 Å². The highest BCUT2D eigenvalue weighted by Crippen LogP contribution is 2.21. The van der Waals surface area contributed by atoms with Gasteiger partial charge in [0.25, 0.3) is 0 Å². The zero-order valence-electron chi connectivity index (χ0n) is 12.3. The largest absolute Gasteiger partial charge is 0.383 e. The van der Waals surface area contributed by atoms with E-state index in [1.807, 2.05) is 25.1 Å². The number of anilines is 2. The van der Waals surface area contributed by atoms with Gasteiger partial charge in [0.1, 0.15) is 5.82 Å². The number of nitrogens with two attached hydrogens (primary N) is 1. The summed E-state index contributed by atoms with van der Waals surface area (Å²) in [6, 6.07) is 9.03. The fourth-order valence-electron chi connectivity index (χ4n) is 2.10. The molecule has 3 aromatic rings. The summed E-state index contributed by atoms with van der Waals surface area (Å²) in [4.78, 5) is 7.75. The van der Waals surface area contributed by atoms with Crippen LogP contribution in [0.15, 0.2) is 47.0 Å². The first-order valence-corrected chi connectivity index (χ1v) is 7.72. The van der Waals surface area contributed by atoms with E-state index < -0.39 is 5.95 Å². The van der Waals surface area contributed by atoms with E-state index in [1.54, 1.807) is 17.7 Å². The van der Waals surface area contributed by atoms with Crippen LogP contribution in [0.3, 0.4) is 0 Å². The quantitative estimate of drug-likeness (QED) is 0.435. The Bertz CT molecular complexity index is 842. The molecule has 0 bridgehead atoms. The number of aryl methyl sites for hydroxylation is 1. The van der Waals surface area contributed by atoms with Crippen molar-refractivity contribution in [3.63, 3.8) is 0 Å². The van der Waals surface area contributed by atoms with Gasteiger partial charge in [-0.05, 0) is 41.8 Å². The topological polar surface area (TPSA) is 76.2 Å². The lowest BCUT2D eigenvalue weighted by molar-refractivity contribution is 0.584. The summed E-state index contributed by atoms with van der Waals surface area (Å²) in [7, 11) is 0. The number of rotatable bonds is 4. The average molecular weight is 327 g/mol. The molecule has 0 radical (unpaired) electrons. The molecular formula is C16H14FN5S. The van der Waals surface area contributed by atoms with Crippen molar-refractivity contribution in [3.8, 4) is 11.1 Å². The third kappa shape index (κ3) is 3.89. The van der Waals surface area contributed by atoms with Crippen molar-refractivity contribution in [2.24, 2.45) is 5.10 Å². The Labute approximate surface area is 136 Å². The van der Waals surface area contributed by atoms with Crippen LogP contribution in [-0.2, 0) is 0 Å². The molecule has 3 rings (SSSR count). The van der Waals surface area contributed by atoms with Crippen LogP contribution >= 0.6 is 11.3 Å². The molecule has 0 atom stereocenters. The number of hydrogen-bond acceptors (Lipinski definition) is 6. The highest BCUT2D eigenvalue weighted by molar-refractivity contribution is 7.14. The lowest BCUT2D eigenvalue weighted by Crippen LogP contribution is -1.92. The summed E-state index contributed by atoms with van der Waals surface area (Å²) in [5.41, 5.74) is 12.2. The fraction of sp³-hybridized carbons (Fsp3) is 0.0625. The van der Waals surface area contributed by atoms with Crippen molar-refractivity contribution >= 4 is 28.5 Å². The van der Waals surface area contributed by atoms with Crippen LogP contribution in [0, 0.1) is 12.9 Å². The molecular weight excluding hydrogens is 313 g/mol. The number of hydrogen-bond donors (Lipinski definition) is 2. The minimum atomic E-state index is -0.491. The van der Waals surface area contributed by atoms with E-state index in [4.69, 9.17) is 5.73 Å². The Morgan fingerprint density at radius 1 is 1.26 bits per heavy atom. The molecule has 0 saturated carbocycles. The third-order valence-corrected chi connectivity index (χ3v) is 3.82. The zero-order chi connectivity index (χ0) is 16.2. The number of pyridine rings is 1. The number of nitrogen functional groups attached to an aromatic ring is 1. The summed E-state index contributed by atoms with van der Waals surface area (Å²) in [6.45, 7) is 1.99. The number of thiazole rings is 1. The van der Waals surface area contributed by atoms with Crippen molar-refractivity contribution < 1.29 is 4.39 Å². The molecule has 0 aliphatic rings. The molecule has 1 aromatic carbocycles. The number of halogens is 1. The maximum absolute atomic E-state index is 12.9. The molecule has 116 valence electrons. The second-order valence-electron chi connectivity index (χ2n) is 4.95. The van der Waals surface area contributed by atoms with Gasteiger partial charge in [0.05, 0.1) is 6.21 Å². The average Bonchev–Trinajstić information content (AvgIpc) is 2.93. The number of benzene rings is 1. The predicted octanol–water partition coefficient (Wildman–Crippen LogP) is 3.68. The number of nitrogens with zero attached hydrogens (tertiary/aromatic N) is 3. The maximum Gasteiger partial charge on any atom is 0.212 e. The molecule has 0 saturated heterocycles. The van der Waals surface area contributed by atoms with Crippen LogP contribution in [-0.4, -0.2) is 16.2 Å². The van der Waals surface area contributed by atoms with E-state index in [-0.39, 0.29) is 0 Å². The molecule has 0 aliphatic heterocycles. The van der Waals surface area contributed by atoms with Gasteiger partial charge in [-0.1, -0.05) is 12.1 Å². The Kier molecular flexibility index (Phi) is 4.29. The molecule has 0 spiro atoms. The molecule has 3 N–H and O–H groups in total.